The van der Waals surface area contributed by atoms with E-state index in [-0.39, 0.29) is 22.3 Å². The van der Waals surface area contributed by atoms with Crippen LogP contribution in [0, 0.1) is 0 Å². The molecule has 0 unspecified atom stereocenters. The van der Waals surface area contributed by atoms with E-state index in [0.717, 1.165) is 12.8 Å². The largest absolute Gasteiger partial charge is 0.351 e. The number of thioether (sulfide) groups is 1. The molecular weight excluding hydrogens is 394 g/mol. The molecule has 0 saturated heterocycles. The molecule has 3 aromatic rings. The van der Waals surface area contributed by atoms with Crippen LogP contribution in [0.3, 0.4) is 0 Å². The Morgan fingerprint density at radius 3 is 2.47 bits per heavy atom. The van der Waals surface area contributed by atoms with E-state index in [0.29, 0.717) is 22.6 Å². The Kier molecular flexibility index (Phi) is 6.98. The maximum absolute atomic E-state index is 13.2. The van der Waals surface area contributed by atoms with Crippen molar-refractivity contribution in [2.75, 3.05) is 0 Å². The molecule has 0 spiro atoms. The molecule has 6 heteroatoms. The maximum atomic E-state index is 13.2. The van der Waals surface area contributed by atoms with Gasteiger partial charge in [0.05, 0.1) is 16.2 Å². The van der Waals surface area contributed by atoms with Crippen LogP contribution in [0.5, 0.6) is 0 Å². The summed E-state index contributed by atoms with van der Waals surface area (Å²) in [6, 6.07) is 17.6. The molecule has 1 amide bonds. The first-order valence-electron chi connectivity index (χ1n) is 10.3. The topological polar surface area (TPSA) is 64.0 Å². The normalized spacial score (nSPS) is 12.7. The lowest BCUT2D eigenvalue weighted by atomic mass is 10.1. The number of carbonyl (C=O) groups is 1. The molecule has 5 nitrogen and oxygen atoms in total. The second-order valence-corrected chi connectivity index (χ2v) is 9.76. The SMILES string of the molecule is C[C@@H](Sc1nc2ccccc2c(=O)n1CCCc1ccccc1)C(=O)NC(C)(C)C. The fourth-order valence-electron chi connectivity index (χ4n) is 3.20. The number of hydrogen-bond acceptors (Lipinski definition) is 4. The highest BCUT2D eigenvalue weighted by Crippen LogP contribution is 2.23. The number of rotatable bonds is 7. The molecule has 0 bridgehead atoms. The van der Waals surface area contributed by atoms with Crippen molar-refractivity contribution in [1.82, 2.24) is 14.9 Å². The number of amides is 1. The van der Waals surface area contributed by atoms with Crippen LogP contribution in [0.4, 0.5) is 0 Å². The van der Waals surface area contributed by atoms with E-state index in [1.165, 1.54) is 17.3 Å². The fraction of sp³-hybridized carbons (Fsp3) is 0.375. The summed E-state index contributed by atoms with van der Waals surface area (Å²) in [6.45, 7) is 8.27. The van der Waals surface area contributed by atoms with Crippen LogP contribution in [-0.2, 0) is 17.8 Å². The number of hydrogen-bond donors (Lipinski definition) is 1. The summed E-state index contributed by atoms with van der Waals surface area (Å²) in [6.07, 6.45) is 1.70. The van der Waals surface area contributed by atoms with Crippen LogP contribution in [0.1, 0.15) is 39.7 Å². The minimum atomic E-state index is -0.363. The molecule has 3 rings (SSSR count). The number of aromatic nitrogens is 2. The summed E-state index contributed by atoms with van der Waals surface area (Å²) in [5.41, 5.74) is 1.54. The van der Waals surface area contributed by atoms with Crippen LogP contribution in [-0.4, -0.2) is 26.2 Å². The lowest BCUT2D eigenvalue weighted by Gasteiger charge is -2.23. The van der Waals surface area contributed by atoms with Crippen molar-refractivity contribution in [2.45, 2.75) is 63.0 Å². The number of carbonyl (C=O) groups excluding carboxylic acids is 1. The van der Waals surface area contributed by atoms with Gasteiger partial charge in [-0.05, 0) is 58.2 Å². The molecule has 2 aromatic carbocycles. The van der Waals surface area contributed by atoms with Gasteiger partial charge in [-0.2, -0.15) is 0 Å². The number of nitrogens with zero attached hydrogens (tertiary/aromatic N) is 2. The zero-order valence-electron chi connectivity index (χ0n) is 18.0. The lowest BCUT2D eigenvalue weighted by Crippen LogP contribution is -2.44. The number of aryl methyl sites for hydroxylation is 1. The molecule has 1 N–H and O–H groups in total. The molecule has 1 atom stereocenters. The molecule has 0 radical (unpaired) electrons. The van der Waals surface area contributed by atoms with E-state index in [9.17, 15) is 9.59 Å². The Bertz CT molecular complexity index is 1070. The predicted octanol–water partition coefficient (Wildman–Crippen LogP) is 4.42. The number of fused-ring (bicyclic) bond motifs is 1. The third kappa shape index (κ3) is 5.72. The minimum Gasteiger partial charge on any atom is -0.351 e. The molecule has 0 aliphatic heterocycles. The highest BCUT2D eigenvalue weighted by molar-refractivity contribution is 8.00. The van der Waals surface area contributed by atoms with E-state index in [4.69, 9.17) is 4.98 Å². The fourth-order valence-corrected chi connectivity index (χ4v) is 4.14. The molecule has 1 heterocycles. The zero-order valence-corrected chi connectivity index (χ0v) is 18.8. The van der Waals surface area contributed by atoms with Crippen LogP contribution in [0.2, 0.25) is 0 Å². The van der Waals surface area contributed by atoms with Gasteiger partial charge in [-0.15, -0.1) is 0 Å². The Balaban J connectivity index is 1.86. The lowest BCUT2D eigenvalue weighted by molar-refractivity contribution is -0.121. The van der Waals surface area contributed by atoms with E-state index < -0.39 is 0 Å². The smallest absolute Gasteiger partial charge is 0.262 e. The Labute approximate surface area is 181 Å². The predicted molar refractivity (Wildman–Crippen MR) is 124 cm³/mol. The van der Waals surface area contributed by atoms with Crippen LogP contribution >= 0.6 is 11.8 Å². The van der Waals surface area contributed by atoms with Gasteiger partial charge in [0.25, 0.3) is 5.56 Å². The molecule has 158 valence electrons. The Hall–Kier alpha value is -2.60. The first-order valence-corrected chi connectivity index (χ1v) is 11.1. The number of nitrogens with one attached hydrogen (secondary N) is 1. The Morgan fingerprint density at radius 2 is 1.77 bits per heavy atom. The summed E-state index contributed by atoms with van der Waals surface area (Å²) >= 11 is 1.33. The summed E-state index contributed by atoms with van der Waals surface area (Å²) < 4.78 is 1.72. The minimum absolute atomic E-state index is 0.0559. The summed E-state index contributed by atoms with van der Waals surface area (Å²) in [5.74, 6) is -0.0641. The van der Waals surface area contributed by atoms with Gasteiger partial charge in [-0.1, -0.05) is 54.2 Å². The van der Waals surface area contributed by atoms with Crippen LogP contribution in [0.25, 0.3) is 10.9 Å². The Morgan fingerprint density at radius 1 is 1.10 bits per heavy atom. The number of para-hydroxylation sites is 1. The van der Waals surface area contributed by atoms with Crippen molar-refractivity contribution < 1.29 is 4.79 Å². The van der Waals surface area contributed by atoms with E-state index in [1.54, 1.807) is 4.57 Å². The van der Waals surface area contributed by atoms with Gasteiger partial charge in [0.15, 0.2) is 5.16 Å². The molecule has 0 fully saturated rings. The van der Waals surface area contributed by atoms with Crippen molar-refractivity contribution >= 4 is 28.6 Å². The molecule has 0 saturated carbocycles. The molecular formula is C24H29N3O2S. The average molecular weight is 424 g/mol. The van der Waals surface area contributed by atoms with Crippen LogP contribution < -0.4 is 10.9 Å². The van der Waals surface area contributed by atoms with Crippen molar-refractivity contribution in [1.29, 1.82) is 0 Å². The van der Waals surface area contributed by atoms with Crippen LogP contribution in [0.15, 0.2) is 64.5 Å². The molecule has 0 aliphatic carbocycles. The second kappa shape index (κ2) is 9.47. The van der Waals surface area contributed by atoms with E-state index in [1.807, 2.05) is 70.2 Å². The third-order valence-electron chi connectivity index (χ3n) is 4.67. The maximum Gasteiger partial charge on any atom is 0.262 e. The number of benzene rings is 2. The van der Waals surface area contributed by atoms with Crippen molar-refractivity contribution in [3.05, 3.63) is 70.5 Å². The van der Waals surface area contributed by atoms with Gasteiger partial charge in [0.1, 0.15) is 0 Å². The zero-order chi connectivity index (χ0) is 21.7. The van der Waals surface area contributed by atoms with Gasteiger partial charge in [0.2, 0.25) is 5.91 Å². The van der Waals surface area contributed by atoms with E-state index in [2.05, 4.69) is 17.4 Å². The highest BCUT2D eigenvalue weighted by atomic mass is 32.2. The van der Waals surface area contributed by atoms with Gasteiger partial charge in [-0.3, -0.25) is 14.2 Å². The first kappa shape index (κ1) is 22.1. The van der Waals surface area contributed by atoms with Crippen molar-refractivity contribution in [3.8, 4) is 0 Å². The summed E-state index contributed by atoms with van der Waals surface area (Å²) in [5, 5.41) is 3.83. The second-order valence-electron chi connectivity index (χ2n) is 8.46. The molecule has 30 heavy (non-hydrogen) atoms. The molecule has 0 aliphatic rings. The van der Waals surface area contributed by atoms with Crippen molar-refractivity contribution in [2.24, 2.45) is 0 Å². The summed E-state index contributed by atoms with van der Waals surface area (Å²) in [4.78, 5) is 30.5. The third-order valence-corrected chi connectivity index (χ3v) is 5.76. The average Bonchev–Trinajstić information content (AvgIpc) is 2.70. The quantitative estimate of drug-likeness (QED) is 0.451. The first-order chi connectivity index (χ1) is 14.2. The van der Waals surface area contributed by atoms with Gasteiger partial charge < -0.3 is 5.32 Å². The summed E-state index contributed by atoms with van der Waals surface area (Å²) in [7, 11) is 0. The van der Waals surface area contributed by atoms with Crippen molar-refractivity contribution in [3.63, 3.8) is 0 Å². The highest BCUT2D eigenvalue weighted by Gasteiger charge is 2.22. The monoisotopic (exact) mass is 423 g/mol. The van der Waals surface area contributed by atoms with Gasteiger partial charge in [-0.25, -0.2) is 4.98 Å². The van der Waals surface area contributed by atoms with E-state index >= 15 is 0 Å². The van der Waals surface area contributed by atoms with Gasteiger partial charge in [0, 0.05) is 12.1 Å². The molecule has 1 aromatic heterocycles. The standard InChI is InChI=1S/C24H29N3O2S/c1-17(21(28)26-24(2,3)4)30-23-25-20-15-9-8-14-19(20)22(29)27(23)16-10-13-18-11-6-5-7-12-18/h5-9,11-12,14-15,17H,10,13,16H2,1-4H3,(H,26,28)/t17-/m1/s1. The van der Waals surface area contributed by atoms with Gasteiger partial charge >= 0.3 is 0 Å².